The number of thiophene rings is 1. The predicted molar refractivity (Wildman–Crippen MR) is 99.4 cm³/mol. The largest absolute Gasteiger partial charge is 0.493 e. The molecule has 0 atom stereocenters. The van der Waals surface area contributed by atoms with Crippen molar-refractivity contribution in [3.05, 3.63) is 39.4 Å². The molecule has 6 nitrogen and oxygen atoms in total. The van der Waals surface area contributed by atoms with E-state index in [9.17, 15) is 4.79 Å². The molecule has 2 heterocycles. The summed E-state index contributed by atoms with van der Waals surface area (Å²) in [5.74, 6) is 1.22. The van der Waals surface area contributed by atoms with Gasteiger partial charge in [0.15, 0.2) is 11.5 Å². The third kappa shape index (κ3) is 3.18. The number of carbonyl (C=O) groups is 1. The Morgan fingerprint density at radius 2 is 1.80 bits per heavy atom. The normalized spacial score (nSPS) is 10.5. The number of nitrogens with zero attached hydrogens (tertiary/aromatic N) is 1. The number of methoxy groups -OCH3 is 3. The van der Waals surface area contributed by atoms with Crippen molar-refractivity contribution in [2.45, 2.75) is 0 Å². The molecule has 3 aromatic rings. The lowest BCUT2D eigenvalue weighted by Crippen LogP contribution is -2.05. The highest BCUT2D eigenvalue weighted by molar-refractivity contribution is 7.18. The number of aromatic nitrogens is 1. The summed E-state index contributed by atoms with van der Waals surface area (Å²) < 4.78 is 15.9. The number of hydrogen-bond donors (Lipinski definition) is 1. The lowest BCUT2D eigenvalue weighted by molar-refractivity contribution is 0.104. The zero-order valence-corrected chi connectivity index (χ0v) is 15.5. The first kappa shape index (κ1) is 17.2. The highest BCUT2D eigenvalue weighted by Crippen LogP contribution is 2.40. The summed E-state index contributed by atoms with van der Waals surface area (Å²) in [6.45, 7) is 0. The fourth-order valence-corrected chi connectivity index (χ4v) is 4.01. The molecule has 0 unspecified atom stereocenters. The number of ketones is 1. The van der Waals surface area contributed by atoms with E-state index < -0.39 is 0 Å². The molecular formula is C17H16N2O4S2. The summed E-state index contributed by atoms with van der Waals surface area (Å²) in [5.41, 5.74) is 7.32. The van der Waals surface area contributed by atoms with Gasteiger partial charge in [-0.2, -0.15) is 11.3 Å². The second-order valence-corrected chi connectivity index (χ2v) is 6.77. The van der Waals surface area contributed by atoms with Gasteiger partial charge < -0.3 is 19.9 Å². The van der Waals surface area contributed by atoms with Crippen LogP contribution in [0.1, 0.15) is 15.2 Å². The molecule has 130 valence electrons. The third-order valence-corrected chi connectivity index (χ3v) is 5.36. The van der Waals surface area contributed by atoms with Crippen LogP contribution in [0.4, 0.5) is 5.82 Å². The van der Waals surface area contributed by atoms with Crippen molar-refractivity contribution in [1.29, 1.82) is 0 Å². The Kier molecular flexibility index (Phi) is 4.91. The molecule has 2 aromatic heterocycles. The van der Waals surface area contributed by atoms with Gasteiger partial charge in [-0.15, -0.1) is 11.3 Å². The summed E-state index contributed by atoms with van der Waals surface area (Å²) in [4.78, 5) is 17.6. The van der Waals surface area contributed by atoms with Crippen molar-refractivity contribution in [2.75, 3.05) is 27.1 Å². The average Bonchev–Trinajstić information content (AvgIpc) is 3.29. The minimum atomic E-state index is -0.240. The Hall–Kier alpha value is -2.58. The molecule has 0 aliphatic heterocycles. The average molecular weight is 376 g/mol. The van der Waals surface area contributed by atoms with Gasteiger partial charge in [-0.05, 0) is 23.6 Å². The lowest BCUT2D eigenvalue weighted by atomic mass is 10.1. The second-order valence-electron chi connectivity index (χ2n) is 4.99. The summed E-state index contributed by atoms with van der Waals surface area (Å²) in [6.07, 6.45) is 0. The van der Waals surface area contributed by atoms with Gasteiger partial charge >= 0.3 is 0 Å². The standard InChI is InChI=1S/C17H16N2O4S2/c1-21-11-6-10(7-12(22-2)14(11)23-3)13(20)15-16(18)19-17(25-15)9-4-5-24-8-9/h4-8H,18H2,1-3H3. The zero-order chi connectivity index (χ0) is 18.0. The Labute approximate surface area is 152 Å². The topological polar surface area (TPSA) is 83.7 Å². The van der Waals surface area contributed by atoms with Crippen LogP contribution in [0.5, 0.6) is 17.2 Å². The minimum Gasteiger partial charge on any atom is -0.493 e. The molecule has 25 heavy (non-hydrogen) atoms. The molecule has 2 N–H and O–H groups in total. The van der Waals surface area contributed by atoms with Crippen molar-refractivity contribution in [1.82, 2.24) is 4.98 Å². The summed E-state index contributed by atoms with van der Waals surface area (Å²) >= 11 is 2.83. The molecule has 0 saturated carbocycles. The van der Waals surface area contributed by atoms with Crippen LogP contribution < -0.4 is 19.9 Å². The van der Waals surface area contributed by atoms with E-state index in [1.807, 2.05) is 16.8 Å². The Morgan fingerprint density at radius 1 is 1.12 bits per heavy atom. The quantitative estimate of drug-likeness (QED) is 0.660. The Morgan fingerprint density at radius 3 is 2.32 bits per heavy atom. The van der Waals surface area contributed by atoms with Crippen LogP contribution in [-0.4, -0.2) is 32.1 Å². The number of benzene rings is 1. The SMILES string of the molecule is COc1cc(C(=O)c2sc(-c3ccsc3)nc2N)cc(OC)c1OC. The van der Waals surface area contributed by atoms with Crippen LogP contribution in [0, 0.1) is 0 Å². The van der Waals surface area contributed by atoms with E-state index in [0.717, 1.165) is 10.6 Å². The zero-order valence-electron chi connectivity index (χ0n) is 13.9. The van der Waals surface area contributed by atoms with Crippen LogP contribution in [-0.2, 0) is 0 Å². The van der Waals surface area contributed by atoms with Gasteiger partial charge in [0.1, 0.15) is 15.7 Å². The van der Waals surface area contributed by atoms with E-state index in [0.29, 0.717) is 27.7 Å². The van der Waals surface area contributed by atoms with Gasteiger partial charge in [0, 0.05) is 16.5 Å². The Bertz CT molecular complexity index is 879. The molecule has 0 aliphatic rings. The number of nitrogen functional groups attached to an aromatic ring is 1. The first-order valence-corrected chi connectivity index (χ1v) is 8.98. The molecule has 8 heteroatoms. The van der Waals surface area contributed by atoms with Crippen molar-refractivity contribution >= 4 is 34.3 Å². The molecule has 0 amide bonds. The molecule has 0 spiro atoms. The van der Waals surface area contributed by atoms with E-state index in [1.165, 1.54) is 32.7 Å². The highest BCUT2D eigenvalue weighted by atomic mass is 32.1. The van der Waals surface area contributed by atoms with Gasteiger partial charge in [0.25, 0.3) is 0 Å². The van der Waals surface area contributed by atoms with Gasteiger partial charge in [0.2, 0.25) is 11.5 Å². The predicted octanol–water partition coefficient (Wildman–Crippen LogP) is 3.71. The van der Waals surface area contributed by atoms with E-state index in [1.54, 1.807) is 23.5 Å². The van der Waals surface area contributed by atoms with Crippen molar-refractivity contribution in [2.24, 2.45) is 0 Å². The number of thiazole rings is 1. The number of anilines is 1. The number of hydrogen-bond acceptors (Lipinski definition) is 8. The van der Waals surface area contributed by atoms with Crippen molar-refractivity contribution < 1.29 is 19.0 Å². The molecule has 3 rings (SSSR count). The van der Waals surface area contributed by atoms with Crippen molar-refractivity contribution in [3.63, 3.8) is 0 Å². The first-order valence-electron chi connectivity index (χ1n) is 7.22. The van der Waals surface area contributed by atoms with Crippen LogP contribution in [0.2, 0.25) is 0 Å². The second kappa shape index (κ2) is 7.12. The van der Waals surface area contributed by atoms with E-state index in [4.69, 9.17) is 19.9 Å². The molecule has 1 aromatic carbocycles. The monoisotopic (exact) mass is 376 g/mol. The maximum atomic E-state index is 12.9. The molecule has 0 bridgehead atoms. The fraction of sp³-hybridized carbons (Fsp3) is 0.176. The number of ether oxygens (including phenoxy) is 3. The Balaban J connectivity index is 2.04. The van der Waals surface area contributed by atoms with Gasteiger partial charge in [-0.25, -0.2) is 4.98 Å². The third-order valence-electron chi connectivity index (χ3n) is 3.55. The molecular weight excluding hydrogens is 360 g/mol. The maximum Gasteiger partial charge on any atom is 0.207 e. The van der Waals surface area contributed by atoms with Crippen LogP contribution >= 0.6 is 22.7 Å². The number of carbonyl (C=O) groups excluding carboxylic acids is 1. The van der Waals surface area contributed by atoms with Gasteiger partial charge in [0.05, 0.1) is 21.3 Å². The summed E-state index contributed by atoms with van der Waals surface area (Å²) in [7, 11) is 4.51. The molecule has 0 saturated heterocycles. The highest BCUT2D eigenvalue weighted by Gasteiger charge is 2.22. The van der Waals surface area contributed by atoms with Gasteiger partial charge in [-0.3, -0.25) is 4.79 Å². The van der Waals surface area contributed by atoms with E-state index in [2.05, 4.69) is 4.98 Å². The lowest BCUT2D eigenvalue weighted by Gasteiger charge is -2.13. The number of nitrogens with two attached hydrogens (primary N) is 1. The van der Waals surface area contributed by atoms with E-state index in [-0.39, 0.29) is 11.6 Å². The summed E-state index contributed by atoms with van der Waals surface area (Å²) in [6, 6.07) is 5.15. The first-order chi connectivity index (χ1) is 12.1. The molecule has 0 fully saturated rings. The van der Waals surface area contributed by atoms with Crippen molar-refractivity contribution in [3.8, 4) is 27.8 Å². The maximum absolute atomic E-state index is 12.9. The van der Waals surface area contributed by atoms with Crippen LogP contribution in [0.3, 0.4) is 0 Å². The fourth-order valence-electron chi connectivity index (χ4n) is 2.35. The van der Waals surface area contributed by atoms with E-state index >= 15 is 0 Å². The molecule has 0 radical (unpaired) electrons. The van der Waals surface area contributed by atoms with Crippen LogP contribution in [0.15, 0.2) is 29.0 Å². The minimum absolute atomic E-state index is 0.213. The van der Waals surface area contributed by atoms with Gasteiger partial charge in [-0.1, -0.05) is 0 Å². The number of rotatable bonds is 6. The molecule has 0 aliphatic carbocycles. The smallest absolute Gasteiger partial charge is 0.207 e. The summed E-state index contributed by atoms with van der Waals surface area (Å²) in [5, 5.41) is 4.63. The van der Waals surface area contributed by atoms with Crippen LogP contribution in [0.25, 0.3) is 10.6 Å².